The number of piperidine rings is 1. The van der Waals surface area contributed by atoms with Crippen LogP contribution >= 0.6 is 0 Å². The Bertz CT molecular complexity index is 1370. The maximum Gasteiger partial charge on any atom is 0.318 e. The Kier molecular flexibility index (Phi) is 6.67. The SMILES string of the molecule is CNC(=O)Nc1ccc(S(=O)(=O)N2CCC(c3ccn4ncc(C(=O)N5CCCC5)c4c3)CC2)cc1. The molecule has 190 valence electrons. The number of amides is 3. The fourth-order valence-electron chi connectivity index (χ4n) is 4.99. The molecule has 5 rings (SSSR count). The number of rotatable bonds is 5. The molecule has 2 aliphatic rings. The molecule has 2 N–H and O–H groups in total. The number of hydrogen-bond donors (Lipinski definition) is 2. The number of benzene rings is 1. The summed E-state index contributed by atoms with van der Waals surface area (Å²) in [6, 6.07) is 9.86. The van der Waals surface area contributed by atoms with Crippen LogP contribution in [0.25, 0.3) is 5.52 Å². The lowest BCUT2D eigenvalue weighted by Gasteiger charge is -2.31. The van der Waals surface area contributed by atoms with Crippen LogP contribution in [0.2, 0.25) is 0 Å². The van der Waals surface area contributed by atoms with Gasteiger partial charge in [0.25, 0.3) is 5.91 Å². The molecule has 0 radical (unpaired) electrons. The van der Waals surface area contributed by atoms with Gasteiger partial charge < -0.3 is 15.5 Å². The van der Waals surface area contributed by atoms with E-state index in [4.69, 9.17) is 0 Å². The number of urea groups is 1. The van der Waals surface area contributed by atoms with Crippen LogP contribution in [0.5, 0.6) is 0 Å². The van der Waals surface area contributed by atoms with Gasteiger partial charge in [-0.2, -0.15) is 9.40 Å². The van der Waals surface area contributed by atoms with Crippen LogP contribution in [-0.2, 0) is 10.0 Å². The molecule has 0 unspecified atom stereocenters. The zero-order valence-corrected chi connectivity index (χ0v) is 21.0. The van der Waals surface area contributed by atoms with Crippen molar-refractivity contribution in [2.24, 2.45) is 0 Å². The smallest absolute Gasteiger partial charge is 0.318 e. The zero-order valence-electron chi connectivity index (χ0n) is 20.2. The Hall–Kier alpha value is -3.44. The topological polar surface area (TPSA) is 116 Å². The molecule has 2 aliphatic heterocycles. The van der Waals surface area contributed by atoms with Crippen LogP contribution in [0.3, 0.4) is 0 Å². The summed E-state index contributed by atoms with van der Waals surface area (Å²) in [4.78, 5) is 26.5. The normalized spacial score (nSPS) is 17.4. The summed E-state index contributed by atoms with van der Waals surface area (Å²) in [5.74, 6) is 0.224. The van der Waals surface area contributed by atoms with Gasteiger partial charge in [0.1, 0.15) is 0 Å². The molecule has 3 amide bonds. The summed E-state index contributed by atoms with van der Waals surface area (Å²) in [5.41, 5.74) is 3.03. The highest BCUT2D eigenvalue weighted by atomic mass is 32.2. The predicted molar refractivity (Wildman–Crippen MR) is 136 cm³/mol. The minimum atomic E-state index is -3.63. The first-order valence-electron chi connectivity index (χ1n) is 12.2. The second-order valence-electron chi connectivity index (χ2n) is 9.25. The van der Waals surface area contributed by atoms with Gasteiger partial charge in [-0.15, -0.1) is 0 Å². The maximum atomic E-state index is 13.2. The Morgan fingerprint density at radius 2 is 1.69 bits per heavy atom. The Balaban J connectivity index is 1.27. The third kappa shape index (κ3) is 4.68. The summed E-state index contributed by atoms with van der Waals surface area (Å²) >= 11 is 0. The number of anilines is 1. The number of likely N-dealkylation sites (tertiary alicyclic amines) is 1. The van der Waals surface area contributed by atoms with E-state index in [1.165, 1.54) is 23.5 Å². The summed E-state index contributed by atoms with van der Waals surface area (Å²) in [6.07, 6.45) is 6.97. The summed E-state index contributed by atoms with van der Waals surface area (Å²) in [7, 11) is -2.12. The second-order valence-corrected chi connectivity index (χ2v) is 11.2. The summed E-state index contributed by atoms with van der Waals surface area (Å²) in [5, 5.41) is 9.44. The van der Waals surface area contributed by atoms with E-state index < -0.39 is 10.0 Å². The van der Waals surface area contributed by atoms with Crippen molar-refractivity contribution >= 4 is 33.2 Å². The average molecular weight is 511 g/mol. The quantitative estimate of drug-likeness (QED) is 0.548. The minimum Gasteiger partial charge on any atom is -0.341 e. The van der Waals surface area contributed by atoms with Crippen molar-refractivity contribution in [3.05, 3.63) is 59.9 Å². The minimum absolute atomic E-state index is 0.0251. The Morgan fingerprint density at radius 1 is 1.00 bits per heavy atom. The van der Waals surface area contributed by atoms with Crippen LogP contribution in [0.1, 0.15) is 47.5 Å². The van der Waals surface area contributed by atoms with E-state index in [0.717, 1.165) is 37.0 Å². The van der Waals surface area contributed by atoms with E-state index >= 15 is 0 Å². The molecule has 0 bridgehead atoms. The molecular formula is C25H30N6O4S. The second kappa shape index (κ2) is 9.90. The highest BCUT2D eigenvalue weighted by Crippen LogP contribution is 2.32. The largest absolute Gasteiger partial charge is 0.341 e. The van der Waals surface area contributed by atoms with Crippen LogP contribution < -0.4 is 10.6 Å². The van der Waals surface area contributed by atoms with Crippen molar-refractivity contribution in [2.45, 2.75) is 36.5 Å². The van der Waals surface area contributed by atoms with Crippen LogP contribution in [0.15, 0.2) is 53.7 Å². The summed E-state index contributed by atoms with van der Waals surface area (Å²) < 4.78 is 29.6. The lowest BCUT2D eigenvalue weighted by molar-refractivity contribution is 0.0794. The molecule has 0 saturated carbocycles. The van der Waals surface area contributed by atoms with Crippen molar-refractivity contribution in [2.75, 3.05) is 38.5 Å². The molecule has 36 heavy (non-hydrogen) atoms. The van der Waals surface area contributed by atoms with Crippen molar-refractivity contribution in [3.8, 4) is 0 Å². The van der Waals surface area contributed by atoms with Crippen molar-refractivity contribution in [3.63, 3.8) is 0 Å². The third-order valence-corrected chi connectivity index (χ3v) is 8.98. The monoisotopic (exact) mass is 510 g/mol. The van der Waals surface area contributed by atoms with Crippen LogP contribution in [0.4, 0.5) is 10.5 Å². The van der Waals surface area contributed by atoms with E-state index in [1.54, 1.807) is 22.8 Å². The Morgan fingerprint density at radius 3 is 2.36 bits per heavy atom. The van der Waals surface area contributed by atoms with Crippen molar-refractivity contribution in [1.29, 1.82) is 0 Å². The first-order chi connectivity index (χ1) is 17.4. The van der Waals surface area contributed by atoms with Crippen molar-refractivity contribution < 1.29 is 18.0 Å². The molecule has 3 aromatic rings. The molecule has 10 nitrogen and oxygen atoms in total. The lowest BCUT2D eigenvalue weighted by atomic mass is 9.90. The van der Waals surface area contributed by atoms with Gasteiger partial charge >= 0.3 is 6.03 Å². The number of nitrogens with one attached hydrogen (secondary N) is 2. The highest BCUT2D eigenvalue weighted by Gasteiger charge is 2.30. The van der Waals surface area contributed by atoms with Gasteiger partial charge in [0.15, 0.2) is 0 Å². The van der Waals surface area contributed by atoms with Crippen LogP contribution in [-0.4, -0.2) is 72.4 Å². The van der Waals surface area contributed by atoms with Gasteiger partial charge in [-0.1, -0.05) is 0 Å². The maximum absolute atomic E-state index is 13.2. The van der Waals surface area contributed by atoms with E-state index in [9.17, 15) is 18.0 Å². The molecule has 0 atom stereocenters. The number of nitrogens with zero attached hydrogens (tertiary/aromatic N) is 4. The molecule has 2 fully saturated rings. The number of sulfonamides is 1. The zero-order chi connectivity index (χ0) is 25.3. The van der Waals surface area contributed by atoms with Gasteiger partial charge in [0.2, 0.25) is 10.0 Å². The van der Waals surface area contributed by atoms with Gasteiger partial charge in [-0.3, -0.25) is 4.79 Å². The number of hydrogen-bond acceptors (Lipinski definition) is 5. The Labute approximate surface area is 210 Å². The molecule has 2 aromatic heterocycles. The van der Waals surface area contributed by atoms with Crippen molar-refractivity contribution in [1.82, 2.24) is 24.1 Å². The molecule has 2 saturated heterocycles. The number of fused-ring (bicyclic) bond motifs is 1. The van der Waals surface area contributed by atoms with Gasteiger partial charge in [0.05, 0.1) is 22.2 Å². The number of carbonyl (C=O) groups excluding carboxylic acids is 2. The average Bonchev–Trinajstić information content (AvgIpc) is 3.59. The van der Waals surface area contributed by atoms with E-state index in [2.05, 4.69) is 15.7 Å². The van der Waals surface area contributed by atoms with E-state index in [1.807, 2.05) is 23.2 Å². The number of aromatic nitrogens is 2. The summed E-state index contributed by atoms with van der Waals surface area (Å²) in [6.45, 7) is 2.40. The predicted octanol–water partition coefficient (Wildman–Crippen LogP) is 2.89. The van der Waals surface area contributed by atoms with Crippen LogP contribution in [0, 0.1) is 0 Å². The van der Waals surface area contributed by atoms with Gasteiger partial charge in [0, 0.05) is 45.1 Å². The first kappa shape index (κ1) is 24.3. The molecule has 0 aliphatic carbocycles. The molecule has 0 spiro atoms. The third-order valence-electron chi connectivity index (χ3n) is 7.07. The number of carbonyl (C=O) groups is 2. The lowest BCUT2D eigenvalue weighted by Crippen LogP contribution is -2.37. The standard InChI is InChI=1S/C25H30N6O4S/c1-26-25(33)28-20-4-6-21(7-5-20)36(34,35)30-13-8-18(9-14-30)19-10-15-31-23(16-19)22(17-27-31)24(32)29-11-2-3-12-29/h4-7,10,15-18H,2-3,8-9,11-14H2,1H3,(H2,26,28,33). The number of pyridine rings is 1. The molecular weight excluding hydrogens is 480 g/mol. The first-order valence-corrected chi connectivity index (χ1v) is 13.7. The van der Waals surface area contributed by atoms with E-state index in [0.29, 0.717) is 37.2 Å². The van der Waals surface area contributed by atoms with E-state index in [-0.39, 0.29) is 22.8 Å². The van der Waals surface area contributed by atoms with Gasteiger partial charge in [-0.05, 0) is 73.6 Å². The molecule has 4 heterocycles. The molecule has 1 aromatic carbocycles. The van der Waals surface area contributed by atoms with Gasteiger partial charge in [-0.25, -0.2) is 17.7 Å². The highest BCUT2D eigenvalue weighted by molar-refractivity contribution is 7.89. The fraction of sp³-hybridized carbons (Fsp3) is 0.400. The fourth-order valence-corrected chi connectivity index (χ4v) is 6.46. The molecule has 11 heteroatoms.